The van der Waals surface area contributed by atoms with Gasteiger partial charge in [0.05, 0.1) is 5.56 Å². The molecule has 0 bridgehead atoms. The van der Waals surface area contributed by atoms with E-state index in [1.165, 1.54) is 12.1 Å². The van der Waals surface area contributed by atoms with Crippen LogP contribution in [0.5, 0.6) is 5.75 Å². The molecule has 0 radical (unpaired) electrons. The SMILES string of the molecule is C=CCOC(=O)c1cc(N)cc(OCC=C)c1. The van der Waals surface area contributed by atoms with Crippen LogP contribution >= 0.6 is 0 Å². The normalized spacial score (nSPS) is 9.41. The van der Waals surface area contributed by atoms with Crippen LogP contribution in [0.3, 0.4) is 0 Å². The molecule has 17 heavy (non-hydrogen) atoms. The summed E-state index contributed by atoms with van der Waals surface area (Å²) in [6.45, 7) is 7.52. The van der Waals surface area contributed by atoms with Gasteiger partial charge in [-0.15, -0.1) is 0 Å². The van der Waals surface area contributed by atoms with Crippen molar-refractivity contribution >= 4 is 11.7 Å². The van der Waals surface area contributed by atoms with Crippen LogP contribution in [0.1, 0.15) is 10.4 Å². The fourth-order valence-electron chi connectivity index (χ4n) is 1.20. The number of ether oxygens (including phenoxy) is 2. The summed E-state index contributed by atoms with van der Waals surface area (Å²) < 4.78 is 10.2. The molecular weight excluding hydrogens is 218 g/mol. The summed E-state index contributed by atoms with van der Waals surface area (Å²) in [7, 11) is 0. The molecule has 0 aliphatic rings. The number of carbonyl (C=O) groups excluding carboxylic acids is 1. The Morgan fingerprint density at radius 3 is 2.59 bits per heavy atom. The fraction of sp³-hybridized carbons (Fsp3) is 0.154. The maximum Gasteiger partial charge on any atom is 0.338 e. The van der Waals surface area contributed by atoms with Crippen molar-refractivity contribution in [2.24, 2.45) is 0 Å². The first kappa shape index (κ1) is 12.8. The van der Waals surface area contributed by atoms with E-state index in [9.17, 15) is 4.79 Å². The summed E-state index contributed by atoms with van der Waals surface area (Å²) in [4.78, 5) is 11.6. The first-order valence-corrected chi connectivity index (χ1v) is 5.09. The molecule has 4 nitrogen and oxygen atoms in total. The monoisotopic (exact) mass is 233 g/mol. The van der Waals surface area contributed by atoms with Gasteiger partial charge in [-0.05, 0) is 12.1 Å². The molecule has 1 aromatic rings. The summed E-state index contributed by atoms with van der Waals surface area (Å²) in [5.74, 6) is 0.0520. The highest BCUT2D eigenvalue weighted by atomic mass is 16.5. The van der Waals surface area contributed by atoms with Gasteiger partial charge in [0, 0.05) is 11.8 Å². The van der Waals surface area contributed by atoms with Gasteiger partial charge >= 0.3 is 5.97 Å². The lowest BCUT2D eigenvalue weighted by molar-refractivity contribution is 0.0549. The van der Waals surface area contributed by atoms with E-state index in [-0.39, 0.29) is 6.61 Å². The van der Waals surface area contributed by atoms with E-state index in [1.54, 1.807) is 18.2 Å². The highest BCUT2D eigenvalue weighted by Gasteiger charge is 2.09. The van der Waals surface area contributed by atoms with Crippen LogP contribution in [0.25, 0.3) is 0 Å². The van der Waals surface area contributed by atoms with Gasteiger partial charge in [-0.25, -0.2) is 4.79 Å². The van der Waals surface area contributed by atoms with Crippen molar-refractivity contribution < 1.29 is 14.3 Å². The lowest BCUT2D eigenvalue weighted by Gasteiger charge is -2.07. The second kappa shape index (κ2) is 6.37. The zero-order chi connectivity index (χ0) is 12.7. The molecule has 0 heterocycles. The van der Waals surface area contributed by atoms with Gasteiger partial charge in [0.1, 0.15) is 19.0 Å². The molecule has 0 amide bonds. The van der Waals surface area contributed by atoms with Crippen LogP contribution in [-0.2, 0) is 4.74 Å². The first-order chi connectivity index (χ1) is 8.17. The molecule has 1 aromatic carbocycles. The van der Waals surface area contributed by atoms with Gasteiger partial charge in [0.2, 0.25) is 0 Å². The Morgan fingerprint density at radius 1 is 1.24 bits per heavy atom. The Morgan fingerprint density at radius 2 is 1.94 bits per heavy atom. The Balaban J connectivity index is 2.84. The molecule has 0 aromatic heterocycles. The second-order valence-corrected chi connectivity index (χ2v) is 3.28. The molecule has 90 valence electrons. The molecule has 0 aliphatic carbocycles. The molecular formula is C13H15NO3. The number of carbonyl (C=O) groups is 1. The van der Waals surface area contributed by atoms with E-state index in [0.29, 0.717) is 23.6 Å². The average Bonchev–Trinajstić information content (AvgIpc) is 2.32. The van der Waals surface area contributed by atoms with Crippen molar-refractivity contribution in [2.75, 3.05) is 18.9 Å². The van der Waals surface area contributed by atoms with Crippen LogP contribution in [0, 0.1) is 0 Å². The van der Waals surface area contributed by atoms with Crippen LogP contribution in [0.15, 0.2) is 43.5 Å². The molecule has 2 N–H and O–H groups in total. The Hall–Kier alpha value is -2.23. The minimum atomic E-state index is -0.458. The number of hydrogen-bond donors (Lipinski definition) is 1. The van der Waals surface area contributed by atoms with Crippen LogP contribution < -0.4 is 10.5 Å². The van der Waals surface area contributed by atoms with Crippen molar-refractivity contribution in [3.05, 3.63) is 49.1 Å². The highest BCUT2D eigenvalue weighted by Crippen LogP contribution is 2.19. The highest BCUT2D eigenvalue weighted by molar-refractivity contribution is 5.91. The number of anilines is 1. The Kier molecular flexibility index (Phi) is 4.81. The maximum atomic E-state index is 11.6. The molecule has 1 rings (SSSR count). The smallest absolute Gasteiger partial charge is 0.338 e. The topological polar surface area (TPSA) is 61.5 Å². The van der Waals surface area contributed by atoms with Crippen LogP contribution in [0.4, 0.5) is 5.69 Å². The molecule has 0 saturated heterocycles. The summed E-state index contributed by atoms with van der Waals surface area (Å²) in [5, 5.41) is 0. The third kappa shape index (κ3) is 4.03. The van der Waals surface area contributed by atoms with E-state index in [1.807, 2.05) is 0 Å². The van der Waals surface area contributed by atoms with E-state index >= 15 is 0 Å². The number of esters is 1. The summed E-state index contributed by atoms with van der Waals surface area (Å²) in [6.07, 6.45) is 3.11. The summed E-state index contributed by atoms with van der Waals surface area (Å²) in [6, 6.07) is 4.74. The summed E-state index contributed by atoms with van der Waals surface area (Å²) in [5.41, 5.74) is 6.46. The minimum Gasteiger partial charge on any atom is -0.489 e. The summed E-state index contributed by atoms with van der Waals surface area (Å²) >= 11 is 0. The van der Waals surface area contributed by atoms with Gasteiger partial charge in [-0.3, -0.25) is 0 Å². The van der Waals surface area contributed by atoms with Crippen molar-refractivity contribution in [3.8, 4) is 5.75 Å². The molecule has 0 atom stereocenters. The number of nitrogen functional groups attached to an aromatic ring is 1. The zero-order valence-electron chi connectivity index (χ0n) is 9.52. The molecule has 4 heteroatoms. The Bertz CT molecular complexity index is 427. The van der Waals surface area contributed by atoms with Gasteiger partial charge < -0.3 is 15.2 Å². The third-order valence-corrected chi connectivity index (χ3v) is 1.86. The Labute approximate surface area is 100 Å². The van der Waals surface area contributed by atoms with Crippen LogP contribution in [-0.4, -0.2) is 19.2 Å². The minimum absolute atomic E-state index is 0.163. The molecule has 0 aliphatic heterocycles. The van der Waals surface area contributed by atoms with Crippen molar-refractivity contribution in [2.45, 2.75) is 0 Å². The zero-order valence-corrected chi connectivity index (χ0v) is 9.52. The lowest BCUT2D eigenvalue weighted by atomic mass is 10.2. The van der Waals surface area contributed by atoms with E-state index in [4.69, 9.17) is 15.2 Å². The van der Waals surface area contributed by atoms with Gasteiger partial charge in [-0.2, -0.15) is 0 Å². The average molecular weight is 233 g/mol. The number of benzene rings is 1. The molecule has 0 unspecified atom stereocenters. The van der Waals surface area contributed by atoms with Crippen molar-refractivity contribution in [3.63, 3.8) is 0 Å². The third-order valence-electron chi connectivity index (χ3n) is 1.86. The first-order valence-electron chi connectivity index (χ1n) is 5.09. The number of rotatable bonds is 6. The molecule has 0 saturated carbocycles. The number of nitrogens with two attached hydrogens (primary N) is 1. The predicted molar refractivity (Wildman–Crippen MR) is 67.0 cm³/mol. The van der Waals surface area contributed by atoms with Crippen LogP contribution in [0.2, 0.25) is 0 Å². The molecule has 0 fully saturated rings. The van der Waals surface area contributed by atoms with E-state index in [2.05, 4.69) is 13.2 Å². The van der Waals surface area contributed by atoms with Gasteiger partial charge in [0.25, 0.3) is 0 Å². The largest absolute Gasteiger partial charge is 0.489 e. The lowest BCUT2D eigenvalue weighted by Crippen LogP contribution is -2.06. The molecule has 0 spiro atoms. The van der Waals surface area contributed by atoms with E-state index < -0.39 is 5.97 Å². The second-order valence-electron chi connectivity index (χ2n) is 3.28. The number of hydrogen-bond acceptors (Lipinski definition) is 4. The van der Waals surface area contributed by atoms with Crippen molar-refractivity contribution in [1.82, 2.24) is 0 Å². The van der Waals surface area contributed by atoms with Gasteiger partial charge in [0.15, 0.2) is 0 Å². The quantitative estimate of drug-likeness (QED) is 0.464. The van der Waals surface area contributed by atoms with E-state index in [0.717, 1.165) is 0 Å². The standard InChI is InChI=1S/C13H15NO3/c1-3-5-16-12-8-10(7-11(14)9-12)13(15)17-6-4-2/h3-4,7-9H,1-2,5-6,14H2. The van der Waals surface area contributed by atoms with Crippen molar-refractivity contribution in [1.29, 1.82) is 0 Å². The van der Waals surface area contributed by atoms with Gasteiger partial charge in [-0.1, -0.05) is 25.3 Å². The fourth-order valence-corrected chi connectivity index (χ4v) is 1.20. The predicted octanol–water partition coefficient (Wildman–Crippen LogP) is 2.18. The maximum absolute atomic E-state index is 11.6.